The molecule has 1 aromatic rings. The molecular weight excluding hydrogens is 256 g/mol. The Balaban J connectivity index is 3.07. The third-order valence-electron chi connectivity index (χ3n) is 2.67. The number of methoxy groups -OCH3 is 1. The fourth-order valence-electron chi connectivity index (χ4n) is 1.73. The summed E-state index contributed by atoms with van der Waals surface area (Å²) < 4.78 is 4.99. The maximum atomic E-state index is 12.0. The summed E-state index contributed by atoms with van der Waals surface area (Å²) in [5.41, 5.74) is 0.0383. The van der Waals surface area contributed by atoms with Crippen molar-refractivity contribution in [1.82, 2.24) is 0 Å². The van der Waals surface area contributed by atoms with Crippen molar-refractivity contribution >= 4 is 17.4 Å². The normalized spacial score (nSPS) is 10.4. The van der Waals surface area contributed by atoms with Gasteiger partial charge >= 0.3 is 0 Å². The summed E-state index contributed by atoms with van der Waals surface area (Å²) >= 11 is 5.84. The Morgan fingerprint density at radius 3 is 2.56 bits per heavy atom. The molecule has 5 heteroatoms. The van der Waals surface area contributed by atoms with E-state index in [1.165, 1.54) is 7.11 Å². The Morgan fingerprint density at radius 1 is 1.33 bits per heavy atom. The predicted molar refractivity (Wildman–Crippen MR) is 69.8 cm³/mol. The van der Waals surface area contributed by atoms with Gasteiger partial charge in [-0.1, -0.05) is 31.4 Å². The zero-order chi connectivity index (χ0) is 13.7. The topological polar surface area (TPSA) is 66.8 Å². The minimum Gasteiger partial charge on any atom is -0.507 e. The minimum absolute atomic E-state index is 0.0238. The number of hydrogen-bond donors (Lipinski definition) is 2. The summed E-state index contributed by atoms with van der Waals surface area (Å²) in [6.45, 7) is 2.04. The number of Topliss-reactive ketones (excluding diaryl/α,β-unsaturated/α-hetero) is 1. The monoisotopic (exact) mass is 272 g/mol. The molecule has 0 aliphatic heterocycles. The number of benzene rings is 1. The smallest absolute Gasteiger partial charge is 0.170 e. The Morgan fingerprint density at radius 2 is 2.00 bits per heavy atom. The molecule has 0 aliphatic carbocycles. The molecule has 0 aliphatic rings. The van der Waals surface area contributed by atoms with Crippen LogP contribution in [0, 0.1) is 0 Å². The summed E-state index contributed by atoms with van der Waals surface area (Å²) in [6, 6.07) is 1.05. The highest BCUT2D eigenvalue weighted by molar-refractivity contribution is 6.34. The Hall–Kier alpha value is -1.42. The van der Waals surface area contributed by atoms with Crippen LogP contribution in [0.4, 0.5) is 0 Å². The van der Waals surface area contributed by atoms with Crippen LogP contribution in [-0.2, 0) is 0 Å². The van der Waals surface area contributed by atoms with Crippen LogP contribution < -0.4 is 4.74 Å². The molecule has 0 unspecified atom stereocenters. The van der Waals surface area contributed by atoms with E-state index in [1.54, 1.807) is 0 Å². The molecule has 1 aromatic carbocycles. The van der Waals surface area contributed by atoms with E-state index < -0.39 is 0 Å². The average Bonchev–Trinajstić information content (AvgIpc) is 2.33. The zero-order valence-electron chi connectivity index (χ0n) is 10.5. The van der Waals surface area contributed by atoms with Crippen molar-refractivity contribution in [2.75, 3.05) is 7.11 Å². The van der Waals surface area contributed by atoms with Gasteiger partial charge in [-0.25, -0.2) is 0 Å². The third kappa shape index (κ3) is 3.07. The second kappa shape index (κ2) is 6.50. The first-order chi connectivity index (χ1) is 8.52. The van der Waals surface area contributed by atoms with Gasteiger partial charge in [0.2, 0.25) is 0 Å². The molecule has 0 saturated carbocycles. The van der Waals surface area contributed by atoms with Crippen molar-refractivity contribution in [2.24, 2.45) is 0 Å². The largest absolute Gasteiger partial charge is 0.507 e. The fraction of sp³-hybridized carbons (Fsp3) is 0.462. The summed E-state index contributed by atoms with van der Waals surface area (Å²) in [6.07, 6.45) is 3.02. The first-order valence-corrected chi connectivity index (χ1v) is 6.22. The zero-order valence-corrected chi connectivity index (χ0v) is 11.3. The summed E-state index contributed by atoms with van der Waals surface area (Å²) in [4.78, 5) is 12.0. The van der Waals surface area contributed by atoms with E-state index in [0.29, 0.717) is 6.42 Å². The molecule has 1 rings (SSSR count). The molecular formula is C13H17ClO4. The number of ketones is 1. The molecule has 0 amide bonds. The number of hydrogen-bond acceptors (Lipinski definition) is 4. The van der Waals surface area contributed by atoms with Crippen LogP contribution in [-0.4, -0.2) is 23.1 Å². The van der Waals surface area contributed by atoms with Gasteiger partial charge in [0.1, 0.15) is 22.1 Å². The molecule has 0 aromatic heterocycles. The number of carbonyl (C=O) groups excluding carboxylic acids is 1. The molecule has 0 radical (unpaired) electrons. The highest BCUT2D eigenvalue weighted by Gasteiger charge is 2.22. The molecule has 18 heavy (non-hydrogen) atoms. The van der Waals surface area contributed by atoms with Crippen LogP contribution in [0.5, 0.6) is 17.2 Å². The number of ether oxygens (including phenoxy) is 1. The Bertz CT molecular complexity index is 443. The van der Waals surface area contributed by atoms with E-state index in [-0.39, 0.29) is 33.6 Å². The molecule has 4 nitrogen and oxygen atoms in total. The van der Waals surface area contributed by atoms with Crippen LogP contribution in [0.15, 0.2) is 6.07 Å². The Labute approximate surface area is 111 Å². The van der Waals surface area contributed by atoms with Crippen molar-refractivity contribution in [1.29, 1.82) is 0 Å². The number of phenols is 2. The first kappa shape index (κ1) is 14.6. The van der Waals surface area contributed by atoms with Crippen molar-refractivity contribution in [2.45, 2.75) is 32.6 Å². The minimum atomic E-state index is -0.310. The number of unbranched alkanes of at least 4 members (excludes halogenated alkanes) is 2. The van der Waals surface area contributed by atoms with Gasteiger partial charge in [-0.15, -0.1) is 0 Å². The second-order valence-electron chi connectivity index (χ2n) is 4.02. The number of carbonyl (C=O) groups is 1. The average molecular weight is 273 g/mol. The van der Waals surface area contributed by atoms with Gasteiger partial charge in [-0.2, -0.15) is 0 Å². The van der Waals surface area contributed by atoms with Crippen molar-refractivity contribution in [3.63, 3.8) is 0 Å². The van der Waals surface area contributed by atoms with Gasteiger partial charge in [0.15, 0.2) is 11.5 Å². The lowest BCUT2D eigenvalue weighted by molar-refractivity contribution is 0.0973. The van der Waals surface area contributed by atoms with E-state index in [0.717, 1.165) is 25.3 Å². The van der Waals surface area contributed by atoms with Crippen molar-refractivity contribution < 1.29 is 19.7 Å². The van der Waals surface area contributed by atoms with Crippen LogP contribution in [0.1, 0.15) is 43.0 Å². The number of aromatic hydroxyl groups is 2. The van der Waals surface area contributed by atoms with E-state index in [9.17, 15) is 15.0 Å². The van der Waals surface area contributed by atoms with E-state index in [1.807, 2.05) is 6.92 Å². The third-order valence-corrected chi connectivity index (χ3v) is 3.04. The molecule has 0 saturated heterocycles. The molecule has 0 spiro atoms. The van der Waals surface area contributed by atoms with Crippen molar-refractivity contribution in [3.8, 4) is 17.2 Å². The lowest BCUT2D eigenvalue weighted by atomic mass is 10.0. The van der Waals surface area contributed by atoms with Gasteiger partial charge in [0.05, 0.1) is 7.11 Å². The first-order valence-electron chi connectivity index (χ1n) is 5.84. The van der Waals surface area contributed by atoms with Gasteiger partial charge in [-0.05, 0) is 6.42 Å². The van der Waals surface area contributed by atoms with E-state index >= 15 is 0 Å². The molecule has 0 bridgehead atoms. The number of halogens is 1. The van der Waals surface area contributed by atoms with Gasteiger partial charge in [0, 0.05) is 12.5 Å². The fourth-order valence-corrected chi connectivity index (χ4v) is 1.96. The molecule has 2 N–H and O–H groups in total. The number of phenolic OH excluding ortho intramolecular Hbond substituents is 2. The second-order valence-corrected chi connectivity index (χ2v) is 4.40. The maximum Gasteiger partial charge on any atom is 0.170 e. The Kier molecular flexibility index (Phi) is 5.28. The van der Waals surface area contributed by atoms with E-state index in [2.05, 4.69) is 0 Å². The summed E-state index contributed by atoms with van der Waals surface area (Å²) in [5, 5.41) is 19.1. The van der Waals surface area contributed by atoms with Crippen LogP contribution in [0.2, 0.25) is 5.02 Å². The van der Waals surface area contributed by atoms with Gasteiger partial charge < -0.3 is 14.9 Å². The summed E-state index contributed by atoms with van der Waals surface area (Å²) in [5.74, 6) is -0.832. The SMILES string of the molecule is CCCCCC(=O)c1c(O)cc(O)c(Cl)c1OC. The lowest BCUT2D eigenvalue weighted by Gasteiger charge is -2.12. The van der Waals surface area contributed by atoms with Crippen LogP contribution in [0.25, 0.3) is 0 Å². The quantitative estimate of drug-likeness (QED) is 0.614. The van der Waals surface area contributed by atoms with Gasteiger partial charge in [0.25, 0.3) is 0 Å². The number of rotatable bonds is 6. The standard InChI is InChI=1S/C13H17ClO4/c1-3-4-5-6-8(15)11-9(16)7-10(17)12(14)13(11)18-2/h7,16-17H,3-6H2,1-2H3. The maximum absolute atomic E-state index is 12.0. The molecule has 100 valence electrons. The van der Waals surface area contributed by atoms with Crippen molar-refractivity contribution in [3.05, 3.63) is 16.7 Å². The molecule has 0 atom stereocenters. The van der Waals surface area contributed by atoms with Crippen LogP contribution in [0.3, 0.4) is 0 Å². The molecule has 0 fully saturated rings. The lowest BCUT2D eigenvalue weighted by Crippen LogP contribution is -2.03. The van der Waals surface area contributed by atoms with Gasteiger partial charge in [-0.3, -0.25) is 4.79 Å². The highest BCUT2D eigenvalue weighted by atomic mass is 35.5. The highest BCUT2D eigenvalue weighted by Crippen LogP contribution is 2.42. The van der Waals surface area contributed by atoms with E-state index in [4.69, 9.17) is 16.3 Å². The van der Waals surface area contributed by atoms with Crippen LogP contribution >= 0.6 is 11.6 Å². The molecule has 0 heterocycles. The summed E-state index contributed by atoms with van der Waals surface area (Å²) in [7, 11) is 1.34. The predicted octanol–water partition coefficient (Wildman–Crippen LogP) is 3.52.